The van der Waals surface area contributed by atoms with Gasteiger partial charge in [0, 0.05) is 29.5 Å². The van der Waals surface area contributed by atoms with Gasteiger partial charge in [0.2, 0.25) is 0 Å². The Hall–Kier alpha value is -0.955. The molecule has 0 spiro atoms. The van der Waals surface area contributed by atoms with Crippen molar-refractivity contribution in [3.63, 3.8) is 0 Å². The summed E-state index contributed by atoms with van der Waals surface area (Å²) in [5, 5.41) is 0.969. The van der Waals surface area contributed by atoms with Gasteiger partial charge in [-0.2, -0.15) is 0 Å². The second-order valence-electron chi connectivity index (χ2n) is 3.68. The number of alkyl halides is 3. The van der Waals surface area contributed by atoms with Crippen LogP contribution in [0.25, 0.3) is 10.1 Å². The molecule has 0 aliphatic heterocycles. The van der Waals surface area contributed by atoms with Crippen LogP contribution in [0, 0.1) is 6.92 Å². The fraction of sp³-hybridized carbons (Fsp3) is 0.200. The molecule has 0 amide bonds. The molecule has 0 fully saturated rings. The third-order valence-electron chi connectivity index (χ3n) is 2.11. The lowest BCUT2D eigenvalue weighted by Gasteiger charge is -1.96. The topological polar surface area (TPSA) is 0 Å². The van der Waals surface area contributed by atoms with Crippen molar-refractivity contribution in [2.75, 3.05) is 0 Å². The minimum atomic E-state index is -6.00. The van der Waals surface area contributed by atoms with E-state index in [0.717, 1.165) is 0 Å². The van der Waals surface area contributed by atoms with Crippen LogP contribution in [0.1, 0.15) is 4.88 Å². The molecule has 1 unspecified atom stereocenters. The Labute approximate surface area is 117 Å². The highest BCUT2D eigenvalue weighted by atomic mass is 35.5. The van der Waals surface area contributed by atoms with Crippen molar-refractivity contribution in [3.8, 4) is 0 Å². The van der Waals surface area contributed by atoms with E-state index in [4.69, 9.17) is 11.6 Å². The van der Waals surface area contributed by atoms with Crippen molar-refractivity contribution in [1.29, 1.82) is 0 Å². The Kier molecular flexibility index (Phi) is 4.96. The first kappa shape index (κ1) is 17.1. The van der Waals surface area contributed by atoms with Crippen LogP contribution in [0.5, 0.6) is 0 Å². The van der Waals surface area contributed by atoms with Gasteiger partial charge in [0.1, 0.15) is 0 Å². The third-order valence-corrected chi connectivity index (χ3v) is 4.36. The van der Waals surface area contributed by atoms with Gasteiger partial charge in [-0.15, -0.1) is 13.2 Å². The fourth-order valence-electron chi connectivity index (χ4n) is 1.56. The maximum Gasteiger partial charge on any atom is 0.673 e. The number of aryl methyl sites for hydroxylation is 1. The molecule has 1 aromatic carbocycles. The summed E-state index contributed by atoms with van der Waals surface area (Å²) >= 11 is 5.70. The van der Waals surface area contributed by atoms with E-state index < -0.39 is 23.2 Å². The van der Waals surface area contributed by atoms with Gasteiger partial charge in [-0.05, 0) is 12.1 Å². The Bertz CT molecular complexity index is 596. The van der Waals surface area contributed by atoms with E-state index >= 15 is 0 Å². The van der Waals surface area contributed by atoms with E-state index in [1.54, 1.807) is 18.2 Å². The van der Waals surface area contributed by atoms with Crippen LogP contribution in [0.15, 0.2) is 24.3 Å². The molecular formula is C10H7BClF7S. The Morgan fingerprint density at radius 3 is 2.00 bits per heavy atom. The van der Waals surface area contributed by atoms with Crippen LogP contribution < -0.4 is 0 Å². The number of hydrogen-bond donors (Lipinski definition) is 0. The zero-order chi connectivity index (χ0) is 15.7. The number of benzene rings is 1. The number of hydrogen-bond acceptors (Lipinski definition) is 0. The molecule has 1 aromatic heterocycles. The smallest absolute Gasteiger partial charge is 0.418 e. The van der Waals surface area contributed by atoms with Crippen molar-refractivity contribution in [2.45, 2.75) is 12.4 Å². The van der Waals surface area contributed by atoms with Gasteiger partial charge in [-0.1, -0.05) is 11.6 Å². The van der Waals surface area contributed by atoms with Gasteiger partial charge in [-0.3, -0.25) is 0 Å². The molecule has 0 saturated heterocycles. The summed E-state index contributed by atoms with van der Waals surface area (Å²) in [7, 11) is -7.80. The molecule has 0 saturated carbocycles. The maximum absolute atomic E-state index is 12.7. The third kappa shape index (κ3) is 4.86. The maximum atomic E-state index is 12.7. The SMILES string of the molecule is Cc1cc2ccc(Cl)cc2[s+]1C(F)(F)F.F[B-](F)(F)F. The molecule has 0 bridgehead atoms. The van der Waals surface area contributed by atoms with Gasteiger partial charge in [0.15, 0.2) is 9.58 Å². The van der Waals surface area contributed by atoms with Gasteiger partial charge in [0.25, 0.3) is 0 Å². The van der Waals surface area contributed by atoms with E-state index in [9.17, 15) is 30.4 Å². The molecule has 0 aliphatic rings. The molecule has 2 rings (SSSR count). The fourth-order valence-corrected chi connectivity index (χ4v) is 3.61. The zero-order valence-corrected chi connectivity index (χ0v) is 11.4. The van der Waals surface area contributed by atoms with Crippen LogP contribution in [0.3, 0.4) is 0 Å². The lowest BCUT2D eigenvalue weighted by molar-refractivity contribution is -0.0867. The predicted molar refractivity (Wildman–Crippen MR) is 67.7 cm³/mol. The molecule has 112 valence electrons. The first-order valence-corrected chi connectivity index (χ1v) is 6.66. The van der Waals surface area contributed by atoms with Crippen LogP contribution in [-0.4, -0.2) is 7.25 Å². The molecule has 10 heteroatoms. The van der Waals surface area contributed by atoms with E-state index in [1.807, 2.05) is 0 Å². The summed E-state index contributed by atoms with van der Waals surface area (Å²) in [6, 6.07) is 6.20. The quantitative estimate of drug-likeness (QED) is 0.299. The van der Waals surface area contributed by atoms with Gasteiger partial charge in [-0.25, -0.2) is 0 Å². The number of thiophene rings is 1. The second kappa shape index (κ2) is 5.81. The average molecular weight is 338 g/mol. The highest BCUT2D eigenvalue weighted by Crippen LogP contribution is 2.50. The Morgan fingerprint density at radius 2 is 1.55 bits per heavy atom. The predicted octanol–water partition coefficient (Wildman–Crippen LogP) is 6.33. The van der Waals surface area contributed by atoms with Crippen molar-refractivity contribution >= 4 is 39.4 Å². The summed E-state index contributed by atoms with van der Waals surface area (Å²) in [5.41, 5.74) is -4.21. The van der Waals surface area contributed by atoms with Crippen molar-refractivity contribution in [1.82, 2.24) is 0 Å². The molecular weight excluding hydrogens is 331 g/mol. The second-order valence-corrected chi connectivity index (χ2v) is 6.28. The number of halogens is 8. The van der Waals surface area contributed by atoms with Crippen molar-refractivity contribution in [3.05, 3.63) is 34.2 Å². The molecule has 1 heterocycles. The molecule has 0 aliphatic carbocycles. The molecule has 0 nitrogen and oxygen atoms in total. The summed E-state index contributed by atoms with van der Waals surface area (Å²) < 4.78 is 77.5. The van der Waals surface area contributed by atoms with Crippen LogP contribution in [-0.2, 0) is 5.51 Å². The molecule has 20 heavy (non-hydrogen) atoms. The summed E-state index contributed by atoms with van der Waals surface area (Å²) in [6.07, 6.45) is 0. The normalized spacial score (nSPS) is 13.2. The average Bonchev–Trinajstić information content (AvgIpc) is 2.49. The van der Waals surface area contributed by atoms with Crippen LogP contribution >= 0.6 is 22.1 Å². The largest absolute Gasteiger partial charge is 0.673 e. The Morgan fingerprint density at radius 1 is 1.05 bits per heavy atom. The lowest BCUT2D eigenvalue weighted by atomic mass is 10.2. The molecule has 0 radical (unpaired) electrons. The van der Waals surface area contributed by atoms with Crippen LogP contribution in [0.4, 0.5) is 30.4 Å². The highest BCUT2D eigenvalue weighted by molar-refractivity contribution is 7.38. The summed E-state index contributed by atoms with van der Waals surface area (Å²) in [6.45, 7) is 1.50. The standard InChI is InChI=1S/C10H7ClF3S.BF4/c1-6-4-7-2-3-8(11)5-9(7)15(6)10(12,13)14;2-1(3,4)5/h2-5H,1H3;/q+1;-1. The van der Waals surface area contributed by atoms with Crippen molar-refractivity contribution < 1.29 is 30.4 Å². The summed E-state index contributed by atoms with van der Waals surface area (Å²) in [4.78, 5) is 0.347. The minimum Gasteiger partial charge on any atom is -0.418 e. The van der Waals surface area contributed by atoms with E-state index in [2.05, 4.69) is 0 Å². The minimum absolute atomic E-state index is 0.285. The molecule has 2 aromatic rings. The lowest BCUT2D eigenvalue weighted by Crippen LogP contribution is -2.02. The zero-order valence-electron chi connectivity index (χ0n) is 9.82. The van der Waals surface area contributed by atoms with Crippen LogP contribution in [0.2, 0.25) is 5.02 Å². The Balaban J connectivity index is 0.000000347. The van der Waals surface area contributed by atoms with Crippen molar-refractivity contribution in [2.24, 2.45) is 0 Å². The summed E-state index contributed by atoms with van der Waals surface area (Å²) in [5.74, 6) is 0. The number of fused-ring (bicyclic) bond motifs is 1. The molecule has 0 N–H and O–H groups in total. The highest BCUT2D eigenvalue weighted by Gasteiger charge is 2.46. The first-order valence-electron chi connectivity index (χ1n) is 5.06. The monoisotopic (exact) mass is 338 g/mol. The van der Waals surface area contributed by atoms with Gasteiger partial charge >= 0.3 is 12.8 Å². The first-order chi connectivity index (χ1) is 8.89. The van der Waals surface area contributed by atoms with E-state index in [-0.39, 0.29) is 4.70 Å². The van der Waals surface area contributed by atoms with E-state index in [1.165, 1.54) is 13.0 Å². The number of rotatable bonds is 0. The van der Waals surface area contributed by atoms with E-state index in [0.29, 0.717) is 15.3 Å². The molecule has 1 atom stereocenters. The van der Waals surface area contributed by atoms with Gasteiger partial charge < -0.3 is 17.3 Å². The van der Waals surface area contributed by atoms with Gasteiger partial charge in [0.05, 0.1) is 10.5 Å².